The van der Waals surface area contributed by atoms with Crippen LogP contribution in [0.4, 0.5) is 0 Å². The fourth-order valence-corrected chi connectivity index (χ4v) is 4.70. The summed E-state index contributed by atoms with van der Waals surface area (Å²) in [4.78, 5) is 24.8. The van der Waals surface area contributed by atoms with Gasteiger partial charge in [-0.1, -0.05) is 80.8 Å². The van der Waals surface area contributed by atoms with Gasteiger partial charge in [0.25, 0.3) is 0 Å². The van der Waals surface area contributed by atoms with E-state index in [0.717, 1.165) is 42.0 Å². The van der Waals surface area contributed by atoms with Crippen molar-refractivity contribution in [3.05, 3.63) is 66.3 Å². The molecule has 2 atom stereocenters. The summed E-state index contributed by atoms with van der Waals surface area (Å²) in [6, 6.07) is 11.5. The predicted octanol–water partition coefficient (Wildman–Crippen LogP) is 5.41. The molecular formula is C25H26O4. The number of carbonyl (C=O) groups excluding carboxylic acids is 1. The molecule has 2 unspecified atom stereocenters. The molecule has 0 aliphatic heterocycles. The van der Waals surface area contributed by atoms with E-state index in [2.05, 4.69) is 0 Å². The number of esters is 1. The highest BCUT2D eigenvalue weighted by atomic mass is 16.5. The molecule has 150 valence electrons. The zero-order valence-electron chi connectivity index (χ0n) is 16.6. The minimum atomic E-state index is -0.873. The van der Waals surface area contributed by atoms with Gasteiger partial charge in [0.05, 0.1) is 11.8 Å². The van der Waals surface area contributed by atoms with Crippen LogP contribution in [0.3, 0.4) is 0 Å². The number of carbonyl (C=O) groups is 2. The van der Waals surface area contributed by atoms with E-state index in [0.29, 0.717) is 5.75 Å². The molecule has 2 aliphatic rings. The topological polar surface area (TPSA) is 63.6 Å². The summed E-state index contributed by atoms with van der Waals surface area (Å²) in [7, 11) is 0. The molecule has 4 rings (SSSR count). The lowest BCUT2D eigenvalue weighted by molar-refractivity contribution is -0.142. The van der Waals surface area contributed by atoms with Crippen molar-refractivity contribution in [1.82, 2.24) is 0 Å². The standard InChI is InChI=1S/C25H26O4/c1-25(16-6-5-13-20(25)23(26)27)19-14-7-11-17-12-8-15-21(22(17)19)29-24(28)18-9-3-2-4-10-18/h5-8,11-16,18,20H,2-4,9-10H2,1H3,(H,26,27). The Morgan fingerprint density at radius 2 is 1.76 bits per heavy atom. The molecule has 29 heavy (non-hydrogen) atoms. The van der Waals surface area contributed by atoms with Gasteiger partial charge in [0, 0.05) is 10.8 Å². The summed E-state index contributed by atoms with van der Waals surface area (Å²) in [5.74, 6) is -1.28. The highest BCUT2D eigenvalue weighted by Gasteiger charge is 2.40. The van der Waals surface area contributed by atoms with E-state index in [1.54, 1.807) is 12.2 Å². The van der Waals surface area contributed by atoms with Crippen molar-refractivity contribution in [3.63, 3.8) is 0 Å². The smallest absolute Gasteiger partial charge is 0.314 e. The second kappa shape index (κ2) is 7.86. The Kier molecular flexibility index (Phi) is 5.27. The van der Waals surface area contributed by atoms with Crippen LogP contribution >= 0.6 is 0 Å². The van der Waals surface area contributed by atoms with Gasteiger partial charge < -0.3 is 9.84 Å². The van der Waals surface area contributed by atoms with Crippen molar-refractivity contribution >= 4 is 22.7 Å². The molecule has 1 N–H and O–H groups in total. The fraction of sp³-hybridized carbons (Fsp3) is 0.360. The van der Waals surface area contributed by atoms with Crippen LogP contribution in [0.5, 0.6) is 5.75 Å². The predicted molar refractivity (Wildman–Crippen MR) is 113 cm³/mol. The normalized spacial score (nSPS) is 24.5. The summed E-state index contributed by atoms with van der Waals surface area (Å²) < 4.78 is 5.91. The lowest BCUT2D eigenvalue weighted by atomic mass is 9.68. The van der Waals surface area contributed by atoms with Crippen LogP contribution in [-0.4, -0.2) is 17.0 Å². The van der Waals surface area contributed by atoms with Crippen molar-refractivity contribution in [2.45, 2.75) is 44.4 Å². The maximum atomic E-state index is 12.8. The molecule has 0 heterocycles. The van der Waals surface area contributed by atoms with Gasteiger partial charge in [0.15, 0.2) is 0 Å². The molecule has 0 bridgehead atoms. The number of aliphatic carboxylic acids is 1. The third kappa shape index (κ3) is 3.59. The van der Waals surface area contributed by atoms with Crippen LogP contribution in [0.15, 0.2) is 60.7 Å². The van der Waals surface area contributed by atoms with E-state index in [4.69, 9.17) is 4.74 Å². The number of hydrogen-bond donors (Lipinski definition) is 1. The van der Waals surface area contributed by atoms with Gasteiger partial charge in [0.2, 0.25) is 0 Å². The van der Waals surface area contributed by atoms with E-state index in [1.807, 2.05) is 55.5 Å². The minimum Gasteiger partial charge on any atom is -0.481 e. The average Bonchev–Trinajstić information content (AvgIpc) is 2.74. The molecule has 4 heteroatoms. The molecule has 2 aliphatic carbocycles. The van der Waals surface area contributed by atoms with E-state index in [-0.39, 0.29) is 11.9 Å². The summed E-state index contributed by atoms with van der Waals surface area (Å²) in [5.41, 5.74) is 0.114. The monoisotopic (exact) mass is 390 g/mol. The Bertz CT molecular complexity index is 992. The Morgan fingerprint density at radius 1 is 1.03 bits per heavy atom. The number of carboxylic acids is 1. The van der Waals surface area contributed by atoms with E-state index >= 15 is 0 Å². The third-order valence-electron chi connectivity index (χ3n) is 6.37. The van der Waals surface area contributed by atoms with Crippen molar-refractivity contribution in [2.24, 2.45) is 11.8 Å². The fourth-order valence-electron chi connectivity index (χ4n) is 4.70. The zero-order chi connectivity index (χ0) is 20.4. The number of rotatable bonds is 4. The minimum absolute atomic E-state index is 0.0500. The first kappa shape index (κ1) is 19.4. The van der Waals surface area contributed by atoms with Gasteiger partial charge in [-0.3, -0.25) is 9.59 Å². The molecule has 0 radical (unpaired) electrons. The second-order valence-corrected chi connectivity index (χ2v) is 8.26. The van der Waals surface area contributed by atoms with Crippen LogP contribution in [0.2, 0.25) is 0 Å². The number of benzene rings is 2. The first-order chi connectivity index (χ1) is 14.0. The summed E-state index contributed by atoms with van der Waals surface area (Å²) in [6.45, 7) is 1.93. The maximum Gasteiger partial charge on any atom is 0.314 e. The highest BCUT2D eigenvalue weighted by Crippen LogP contribution is 2.43. The van der Waals surface area contributed by atoms with E-state index in [1.165, 1.54) is 6.42 Å². The van der Waals surface area contributed by atoms with Gasteiger partial charge in [-0.15, -0.1) is 0 Å². The lowest BCUT2D eigenvalue weighted by Crippen LogP contribution is -2.36. The van der Waals surface area contributed by atoms with Crippen LogP contribution in [0.1, 0.15) is 44.6 Å². The van der Waals surface area contributed by atoms with Crippen LogP contribution < -0.4 is 4.74 Å². The van der Waals surface area contributed by atoms with Gasteiger partial charge >= 0.3 is 11.9 Å². The Labute approximate surface area is 170 Å². The van der Waals surface area contributed by atoms with Crippen LogP contribution in [-0.2, 0) is 15.0 Å². The summed E-state index contributed by atoms with van der Waals surface area (Å²) in [6.07, 6.45) is 12.4. The van der Waals surface area contributed by atoms with E-state index in [9.17, 15) is 14.7 Å². The van der Waals surface area contributed by atoms with Gasteiger partial charge in [-0.05, 0) is 29.9 Å². The van der Waals surface area contributed by atoms with Gasteiger partial charge in [-0.25, -0.2) is 0 Å². The van der Waals surface area contributed by atoms with Crippen molar-refractivity contribution < 1.29 is 19.4 Å². The molecule has 0 amide bonds. The average molecular weight is 390 g/mol. The van der Waals surface area contributed by atoms with Crippen LogP contribution in [0.25, 0.3) is 10.8 Å². The number of allylic oxidation sites excluding steroid dienone is 3. The molecular weight excluding hydrogens is 364 g/mol. The van der Waals surface area contributed by atoms with Gasteiger partial charge in [0.1, 0.15) is 5.75 Å². The van der Waals surface area contributed by atoms with Crippen molar-refractivity contribution in [2.75, 3.05) is 0 Å². The number of hydrogen-bond acceptors (Lipinski definition) is 3. The molecule has 0 saturated heterocycles. The Morgan fingerprint density at radius 3 is 2.48 bits per heavy atom. The largest absolute Gasteiger partial charge is 0.481 e. The van der Waals surface area contributed by atoms with Crippen molar-refractivity contribution in [3.8, 4) is 5.75 Å². The SMILES string of the molecule is CC1(c2cccc3cccc(OC(=O)C4CCCCC4)c23)C=CC=CC1C(=O)O. The highest BCUT2D eigenvalue weighted by molar-refractivity contribution is 5.95. The third-order valence-corrected chi connectivity index (χ3v) is 6.37. The molecule has 4 nitrogen and oxygen atoms in total. The van der Waals surface area contributed by atoms with E-state index < -0.39 is 17.3 Å². The Balaban J connectivity index is 1.80. The molecule has 1 saturated carbocycles. The number of fused-ring (bicyclic) bond motifs is 1. The molecule has 0 aromatic heterocycles. The molecule has 0 spiro atoms. The molecule has 2 aromatic carbocycles. The lowest BCUT2D eigenvalue weighted by Gasteiger charge is -2.34. The second-order valence-electron chi connectivity index (χ2n) is 8.26. The zero-order valence-corrected chi connectivity index (χ0v) is 16.6. The molecule has 2 aromatic rings. The Hall–Kier alpha value is -2.88. The maximum absolute atomic E-state index is 12.8. The quantitative estimate of drug-likeness (QED) is 0.560. The van der Waals surface area contributed by atoms with Crippen LogP contribution in [0, 0.1) is 11.8 Å². The summed E-state index contributed by atoms with van der Waals surface area (Å²) >= 11 is 0. The molecule has 1 fully saturated rings. The van der Waals surface area contributed by atoms with Gasteiger partial charge in [-0.2, -0.15) is 0 Å². The number of carboxylic acid groups (broad SMARTS) is 1. The van der Waals surface area contributed by atoms with Crippen molar-refractivity contribution in [1.29, 1.82) is 0 Å². The first-order valence-corrected chi connectivity index (χ1v) is 10.3. The number of ether oxygens (including phenoxy) is 1. The first-order valence-electron chi connectivity index (χ1n) is 10.3. The summed E-state index contributed by atoms with van der Waals surface area (Å²) in [5, 5.41) is 11.6.